The third-order valence-electron chi connectivity index (χ3n) is 4.26. The van der Waals surface area contributed by atoms with Gasteiger partial charge in [-0.05, 0) is 18.8 Å². The van der Waals surface area contributed by atoms with Crippen LogP contribution in [0.2, 0.25) is 0 Å². The first-order valence-electron chi connectivity index (χ1n) is 6.98. The Labute approximate surface area is 109 Å². The number of carbonyl (C=O) groups excluding carboxylic acids is 1. The molecule has 0 aromatic heterocycles. The molecule has 0 aromatic rings. The smallest absolute Gasteiger partial charge is 0.307 e. The van der Waals surface area contributed by atoms with Gasteiger partial charge in [0, 0.05) is 12.0 Å². The Bertz CT molecular complexity index is 303. The zero-order valence-corrected chi connectivity index (χ0v) is 11.6. The highest BCUT2D eigenvalue weighted by Crippen LogP contribution is 2.27. The maximum atomic E-state index is 12.0. The highest BCUT2D eigenvalue weighted by atomic mass is 16.4. The SMILES string of the molecule is CCC1CCCC(NC(=O)C(C)C(C)C(=O)O)C1. The average molecular weight is 255 g/mol. The van der Waals surface area contributed by atoms with E-state index >= 15 is 0 Å². The van der Waals surface area contributed by atoms with Crippen LogP contribution in [-0.4, -0.2) is 23.0 Å². The minimum absolute atomic E-state index is 0.119. The summed E-state index contributed by atoms with van der Waals surface area (Å²) in [4.78, 5) is 22.8. The average Bonchev–Trinajstić information content (AvgIpc) is 2.36. The summed E-state index contributed by atoms with van der Waals surface area (Å²) in [6.45, 7) is 5.46. The molecular weight excluding hydrogens is 230 g/mol. The lowest BCUT2D eigenvalue weighted by Crippen LogP contribution is -2.43. The molecule has 0 aliphatic heterocycles. The maximum Gasteiger partial charge on any atom is 0.307 e. The standard InChI is InChI=1S/C14H25NO3/c1-4-11-6-5-7-12(8-11)15-13(16)9(2)10(3)14(17)18/h9-12H,4-8H2,1-3H3,(H,15,16)(H,17,18). The summed E-state index contributed by atoms with van der Waals surface area (Å²) in [7, 11) is 0. The van der Waals surface area contributed by atoms with Crippen LogP contribution < -0.4 is 5.32 Å². The van der Waals surface area contributed by atoms with Crippen molar-refractivity contribution in [3.63, 3.8) is 0 Å². The van der Waals surface area contributed by atoms with Gasteiger partial charge in [-0.15, -0.1) is 0 Å². The number of carbonyl (C=O) groups is 2. The van der Waals surface area contributed by atoms with Crippen LogP contribution in [0.5, 0.6) is 0 Å². The van der Waals surface area contributed by atoms with Crippen LogP contribution in [0.4, 0.5) is 0 Å². The van der Waals surface area contributed by atoms with E-state index < -0.39 is 17.8 Å². The van der Waals surface area contributed by atoms with Gasteiger partial charge in [0.15, 0.2) is 0 Å². The van der Waals surface area contributed by atoms with Gasteiger partial charge in [-0.3, -0.25) is 9.59 Å². The molecule has 0 aromatic carbocycles. The number of hydrogen-bond acceptors (Lipinski definition) is 2. The van der Waals surface area contributed by atoms with Crippen LogP contribution >= 0.6 is 0 Å². The predicted molar refractivity (Wildman–Crippen MR) is 70.1 cm³/mol. The van der Waals surface area contributed by atoms with Crippen LogP contribution in [-0.2, 0) is 9.59 Å². The third-order valence-corrected chi connectivity index (χ3v) is 4.26. The largest absolute Gasteiger partial charge is 0.481 e. The summed E-state index contributed by atoms with van der Waals surface area (Å²) in [5, 5.41) is 11.9. The zero-order chi connectivity index (χ0) is 13.7. The maximum absolute atomic E-state index is 12.0. The molecule has 4 atom stereocenters. The van der Waals surface area contributed by atoms with Gasteiger partial charge in [0.25, 0.3) is 0 Å². The molecule has 0 saturated heterocycles. The van der Waals surface area contributed by atoms with E-state index in [-0.39, 0.29) is 11.9 Å². The Morgan fingerprint density at radius 1 is 1.28 bits per heavy atom. The van der Waals surface area contributed by atoms with Crippen LogP contribution in [0.3, 0.4) is 0 Å². The molecule has 0 bridgehead atoms. The van der Waals surface area contributed by atoms with E-state index in [1.54, 1.807) is 13.8 Å². The van der Waals surface area contributed by atoms with Crippen molar-refractivity contribution in [2.45, 2.75) is 58.9 Å². The number of aliphatic carboxylic acids is 1. The van der Waals surface area contributed by atoms with Gasteiger partial charge in [-0.1, -0.05) is 40.0 Å². The second kappa shape index (κ2) is 6.76. The number of carboxylic acids is 1. The molecule has 1 amide bonds. The Morgan fingerprint density at radius 2 is 1.94 bits per heavy atom. The summed E-state index contributed by atoms with van der Waals surface area (Å²) < 4.78 is 0. The van der Waals surface area contributed by atoms with Crippen LogP contribution in [0.25, 0.3) is 0 Å². The van der Waals surface area contributed by atoms with E-state index in [1.165, 1.54) is 6.42 Å². The zero-order valence-electron chi connectivity index (χ0n) is 11.6. The lowest BCUT2D eigenvalue weighted by atomic mass is 9.84. The van der Waals surface area contributed by atoms with Crippen molar-refractivity contribution in [2.24, 2.45) is 17.8 Å². The van der Waals surface area contributed by atoms with Crippen molar-refractivity contribution < 1.29 is 14.7 Å². The molecule has 18 heavy (non-hydrogen) atoms. The minimum atomic E-state index is -0.910. The first kappa shape index (κ1) is 15.0. The highest BCUT2D eigenvalue weighted by Gasteiger charge is 2.28. The van der Waals surface area contributed by atoms with Crippen molar-refractivity contribution in [3.8, 4) is 0 Å². The molecule has 4 unspecified atom stereocenters. The molecule has 2 N–H and O–H groups in total. The first-order chi connectivity index (χ1) is 8.45. The molecule has 0 spiro atoms. The van der Waals surface area contributed by atoms with Gasteiger partial charge < -0.3 is 10.4 Å². The van der Waals surface area contributed by atoms with Gasteiger partial charge >= 0.3 is 5.97 Å². The lowest BCUT2D eigenvalue weighted by molar-refractivity contribution is -0.146. The molecule has 1 rings (SSSR count). The van der Waals surface area contributed by atoms with Gasteiger partial charge in [-0.25, -0.2) is 0 Å². The molecular formula is C14H25NO3. The summed E-state index contributed by atoms with van der Waals surface area (Å²) >= 11 is 0. The molecule has 4 heteroatoms. The van der Waals surface area contributed by atoms with Crippen LogP contribution in [0, 0.1) is 17.8 Å². The number of carboxylic acid groups (broad SMARTS) is 1. The quantitative estimate of drug-likeness (QED) is 0.793. The van der Waals surface area contributed by atoms with Crippen LogP contribution in [0.15, 0.2) is 0 Å². The molecule has 4 nitrogen and oxygen atoms in total. The van der Waals surface area contributed by atoms with Gasteiger partial charge in [0.1, 0.15) is 0 Å². The second-order valence-corrected chi connectivity index (χ2v) is 5.56. The Morgan fingerprint density at radius 3 is 2.50 bits per heavy atom. The normalized spacial score (nSPS) is 27.3. The Kier molecular flexibility index (Phi) is 5.63. The Balaban J connectivity index is 2.46. The fourth-order valence-corrected chi connectivity index (χ4v) is 2.57. The van der Waals surface area contributed by atoms with E-state index in [4.69, 9.17) is 5.11 Å². The topological polar surface area (TPSA) is 66.4 Å². The molecule has 0 heterocycles. The fourth-order valence-electron chi connectivity index (χ4n) is 2.57. The molecule has 1 aliphatic rings. The van der Waals surface area contributed by atoms with E-state index in [1.807, 2.05) is 0 Å². The molecule has 1 fully saturated rings. The summed E-state index contributed by atoms with van der Waals surface area (Å²) in [6, 6.07) is 0.236. The van der Waals surface area contributed by atoms with E-state index in [2.05, 4.69) is 12.2 Å². The van der Waals surface area contributed by atoms with Crippen molar-refractivity contribution in [2.75, 3.05) is 0 Å². The van der Waals surface area contributed by atoms with Crippen molar-refractivity contribution >= 4 is 11.9 Å². The highest BCUT2D eigenvalue weighted by molar-refractivity contribution is 5.84. The monoisotopic (exact) mass is 255 g/mol. The fraction of sp³-hybridized carbons (Fsp3) is 0.857. The lowest BCUT2D eigenvalue weighted by Gasteiger charge is -2.30. The van der Waals surface area contributed by atoms with Crippen molar-refractivity contribution in [1.29, 1.82) is 0 Å². The van der Waals surface area contributed by atoms with Crippen LogP contribution in [0.1, 0.15) is 52.9 Å². The molecule has 104 valence electrons. The minimum Gasteiger partial charge on any atom is -0.481 e. The third kappa shape index (κ3) is 4.00. The van der Waals surface area contributed by atoms with E-state index in [0.29, 0.717) is 5.92 Å². The number of amides is 1. The summed E-state index contributed by atoms with van der Waals surface area (Å²) in [5.41, 5.74) is 0. The van der Waals surface area contributed by atoms with E-state index in [9.17, 15) is 9.59 Å². The summed E-state index contributed by atoms with van der Waals surface area (Å²) in [5.74, 6) is -1.42. The Hall–Kier alpha value is -1.06. The second-order valence-electron chi connectivity index (χ2n) is 5.56. The van der Waals surface area contributed by atoms with Gasteiger partial charge in [0.05, 0.1) is 5.92 Å². The molecule has 1 saturated carbocycles. The number of nitrogens with one attached hydrogen (secondary N) is 1. The van der Waals surface area contributed by atoms with E-state index in [0.717, 1.165) is 25.7 Å². The summed E-state index contributed by atoms with van der Waals surface area (Å²) in [6.07, 6.45) is 5.64. The van der Waals surface area contributed by atoms with Gasteiger partial charge in [0.2, 0.25) is 5.91 Å². The van der Waals surface area contributed by atoms with Crippen molar-refractivity contribution in [1.82, 2.24) is 5.32 Å². The first-order valence-corrected chi connectivity index (χ1v) is 6.98. The van der Waals surface area contributed by atoms with Gasteiger partial charge in [-0.2, -0.15) is 0 Å². The molecule has 1 aliphatic carbocycles. The number of rotatable bonds is 5. The predicted octanol–water partition coefficient (Wildman–Crippen LogP) is 2.43. The van der Waals surface area contributed by atoms with Crippen molar-refractivity contribution in [3.05, 3.63) is 0 Å². The number of hydrogen-bond donors (Lipinski definition) is 2. The molecule has 0 radical (unpaired) electrons.